The largest absolute Gasteiger partial charge is 0.511 e. The highest BCUT2D eigenvalue weighted by molar-refractivity contribution is 5.61. The van der Waals surface area contributed by atoms with Crippen molar-refractivity contribution >= 4 is 6.16 Å². The molecule has 0 amide bonds. The van der Waals surface area contributed by atoms with Gasteiger partial charge in [-0.25, -0.2) is 4.79 Å². The van der Waals surface area contributed by atoms with Crippen LogP contribution in [0.1, 0.15) is 32.3 Å². The normalized spacial score (nSPS) is 11.4. The van der Waals surface area contributed by atoms with E-state index in [-0.39, 0.29) is 11.2 Å². The van der Waals surface area contributed by atoms with Crippen LogP contribution in [0.15, 0.2) is 10.5 Å². The Morgan fingerprint density at radius 3 is 2.43 bits per heavy atom. The molecule has 1 rings (SSSR count). The minimum absolute atomic E-state index is 0.148. The Morgan fingerprint density at radius 2 is 2.07 bits per heavy atom. The molecule has 0 fully saturated rings. The van der Waals surface area contributed by atoms with Crippen LogP contribution in [0.3, 0.4) is 0 Å². The molecule has 0 aliphatic carbocycles. The highest BCUT2D eigenvalue weighted by Gasteiger charge is 2.21. The van der Waals surface area contributed by atoms with E-state index < -0.39 is 6.16 Å². The SMILES string of the molecule is Cc1oc(C(C)(C)C)cc1OC(=O)O. The Kier molecular flexibility index (Phi) is 2.55. The van der Waals surface area contributed by atoms with E-state index in [0.29, 0.717) is 11.5 Å². The van der Waals surface area contributed by atoms with E-state index in [0.717, 1.165) is 0 Å². The molecule has 0 spiro atoms. The molecule has 14 heavy (non-hydrogen) atoms. The van der Waals surface area contributed by atoms with Crippen LogP contribution < -0.4 is 4.74 Å². The molecule has 1 N–H and O–H groups in total. The van der Waals surface area contributed by atoms with E-state index in [2.05, 4.69) is 4.74 Å². The fraction of sp³-hybridized carbons (Fsp3) is 0.500. The second-order valence-electron chi connectivity index (χ2n) is 4.15. The van der Waals surface area contributed by atoms with Crippen LogP contribution >= 0.6 is 0 Å². The Balaban J connectivity index is 2.99. The van der Waals surface area contributed by atoms with Gasteiger partial charge in [-0.15, -0.1) is 0 Å². The van der Waals surface area contributed by atoms with E-state index in [1.54, 1.807) is 13.0 Å². The van der Waals surface area contributed by atoms with Gasteiger partial charge in [0.1, 0.15) is 11.5 Å². The molecule has 78 valence electrons. The lowest BCUT2D eigenvalue weighted by atomic mass is 9.93. The van der Waals surface area contributed by atoms with Crippen molar-refractivity contribution in [2.24, 2.45) is 0 Å². The molecule has 4 heteroatoms. The fourth-order valence-electron chi connectivity index (χ4n) is 1.03. The van der Waals surface area contributed by atoms with Crippen LogP contribution in [0, 0.1) is 6.92 Å². The molecule has 0 aliphatic rings. The monoisotopic (exact) mass is 198 g/mol. The van der Waals surface area contributed by atoms with Crippen molar-refractivity contribution in [1.82, 2.24) is 0 Å². The summed E-state index contributed by atoms with van der Waals surface area (Å²) in [6.07, 6.45) is -1.32. The lowest BCUT2D eigenvalue weighted by molar-refractivity contribution is 0.143. The highest BCUT2D eigenvalue weighted by atomic mass is 16.7. The minimum atomic E-state index is -1.32. The average Bonchev–Trinajstić information content (AvgIpc) is 2.30. The van der Waals surface area contributed by atoms with Gasteiger partial charge in [0, 0.05) is 11.5 Å². The van der Waals surface area contributed by atoms with Gasteiger partial charge in [-0.3, -0.25) is 0 Å². The van der Waals surface area contributed by atoms with Crippen molar-refractivity contribution in [2.45, 2.75) is 33.1 Å². The topological polar surface area (TPSA) is 59.7 Å². The van der Waals surface area contributed by atoms with E-state index in [1.807, 2.05) is 20.8 Å². The first kappa shape index (κ1) is 10.6. The molecule has 0 unspecified atom stereocenters. The third kappa shape index (κ3) is 2.28. The molecule has 0 radical (unpaired) electrons. The Morgan fingerprint density at radius 1 is 1.50 bits per heavy atom. The van der Waals surface area contributed by atoms with E-state index in [4.69, 9.17) is 9.52 Å². The molecular formula is C10H14O4. The first-order valence-corrected chi connectivity index (χ1v) is 4.32. The highest BCUT2D eigenvalue weighted by Crippen LogP contribution is 2.31. The second-order valence-corrected chi connectivity index (χ2v) is 4.15. The molecule has 0 bridgehead atoms. The zero-order valence-electron chi connectivity index (χ0n) is 8.75. The van der Waals surface area contributed by atoms with Gasteiger partial charge >= 0.3 is 6.16 Å². The smallest absolute Gasteiger partial charge is 0.462 e. The zero-order chi connectivity index (χ0) is 10.9. The molecule has 0 aromatic carbocycles. The van der Waals surface area contributed by atoms with Gasteiger partial charge in [0.2, 0.25) is 0 Å². The van der Waals surface area contributed by atoms with Crippen LogP contribution in [-0.2, 0) is 5.41 Å². The molecule has 0 saturated carbocycles. The number of hydrogen-bond donors (Lipinski definition) is 1. The van der Waals surface area contributed by atoms with Gasteiger partial charge < -0.3 is 14.3 Å². The molecule has 1 aromatic heterocycles. The van der Waals surface area contributed by atoms with Gasteiger partial charge in [0.05, 0.1) is 0 Å². The van der Waals surface area contributed by atoms with Gasteiger partial charge in [-0.1, -0.05) is 20.8 Å². The summed E-state index contributed by atoms with van der Waals surface area (Å²) in [7, 11) is 0. The second kappa shape index (κ2) is 3.36. The van der Waals surface area contributed by atoms with Crippen molar-refractivity contribution < 1.29 is 19.1 Å². The van der Waals surface area contributed by atoms with Gasteiger partial charge in [0.15, 0.2) is 5.75 Å². The van der Waals surface area contributed by atoms with Crippen molar-refractivity contribution in [1.29, 1.82) is 0 Å². The molecule has 1 aromatic rings. The predicted octanol–water partition coefficient (Wildman–Crippen LogP) is 2.94. The Bertz CT molecular complexity index is 343. The zero-order valence-corrected chi connectivity index (χ0v) is 8.75. The first-order valence-electron chi connectivity index (χ1n) is 4.32. The third-order valence-corrected chi connectivity index (χ3v) is 1.81. The van der Waals surface area contributed by atoms with E-state index >= 15 is 0 Å². The average molecular weight is 198 g/mol. The molecule has 0 atom stereocenters. The van der Waals surface area contributed by atoms with Gasteiger partial charge in [-0.05, 0) is 6.92 Å². The van der Waals surface area contributed by atoms with Crippen molar-refractivity contribution in [3.63, 3.8) is 0 Å². The van der Waals surface area contributed by atoms with Crippen LogP contribution in [0.5, 0.6) is 5.75 Å². The number of ether oxygens (including phenoxy) is 1. The minimum Gasteiger partial charge on any atom is -0.462 e. The van der Waals surface area contributed by atoms with Gasteiger partial charge in [0.25, 0.3) is 0 Å². The standard InChI is InChI=1S/C10H14O4/c1-6-7(14-9(11)12)5-8(13-6)10(2,3)4/h5H,1-4H3,(H,11,12). The lowest BCUT2D eigenvalue weighted by Crippen LogP contribution is -2.09. The summed E-state index contributed by atoms with van der Waals surface area (Å²) >= 11 is 0. The summed E-state index contributed by atoms with van der Waals surface area (Å²) < 4.78 is 9.94. The Hall–Kier alpha value is -1.45. The number of furan rings is 1. The number of aryl methyl sites for hydroxylation is 1. The molecule has 0 aliphatic heterocycles. The Labute approximate surface area is 82.5 Å². The van der Waals surface area contributed by atoms with Gasteiger partial charge in [-0.2, -0.15) is 0 Å². The summed E-state index contributed by atoms with van der Waals surface area (Å²) in [5.41, 5.74) is -0.148. The molecule has 4 nitrogen and oxygen atoms in total. The first-order chi connectivity index (χ1) is 6.30. The van der Waals surface area contributed by atoms with Crippen LogP contribution in [-0.4, -0.2) is 11.3 Å². The summed E-state index contributed by atoms with van der Waals surface area (Å²) in [5.74, 6) is 1.46. The van der Waals surface area contributed by atoms with Crippen molar-refractivity contribution in [2.75, 3.05) is 0 Å². The molecular weight excluding hydrogens is 184 g/mol. The summed E-state index contributed by atoms with van der Waals surface area (Å²) in [5, 5.41) is 8.44. The number of hydrogen-bond acceptors (Lipinski definition) is 3. The third-order valence-electron chi connectivity index (χ3n) is 1.81. The fourth-order valence-corrected chi connectivity index (χ4v) is 1.03. The lowest BCUT2D eigenvalue weighted by Gasteiger charge is -2.13. The maximum atomic E-state index is 10.3. The number of carbonyl (C=O) groups is 1. The number of rotatable bonds is 1. The van der Waals surface area contributed by atoms with E-state index in [1.165, 1.54) is 0 Å². The summed E-state index contributed by atoms with van der Waals surface area (Å²) in [4.78, 5) is 10.3. The summed E-state index contributed by atoms with van der Waals surface area (Å²) in [6, 6.07) is 1.61. The van der Waals surface area contributed by atoms with Crippen molar-refractivity contribution in [3.8, 4) is 5.75 Å². The molecule has 1 heterocycles. The van der Waals surface area contributed by atoms with Crippen LogP contribution in [0.2, 0.25) is 0 Å². The van der Waals surface area contributed by atoms with Crippen LogP contribution in [0.4, 0.5) is 4.79 Å². The molecule has 0 saturated heterocycles. The van der Waals surface area contributed by atoms with E-state index in [9.17, 15) is 4.79 Å². The quantitative estimate of drug-likeness (QED) is 0.705. The predicted molar refractivity (Wildman–Crippen MR) is 50.8 cm³/mol. The summed E-state index contributed by atoms with van der Waals surface area (Å²) in [6.45, 7) is 7.62. The maximum Gasteiger partial charge on any atom is 0.511 e. The number of carboxylic acid groups (broad SMARTS) is 1. The van der Waals surface area contributed by atoms with Crippen molar-refractivity contribution in [3.05, 3.63) is 17.6 Å². The maximum absolute atomic E-state index is 10.3. The van der Waals surface area contributed by atoms with Crippen LogP contribution in [0.25, 0.3) is 0 Å².